The van der Waals surface area contributed by atoms with Crippen molar-refractivity contribution in [1.29, 1.82) is 0 Å². The topological polar surface area (TPSA) is 95.6 Å². The van der Waals surface area contributed by atoms with Gasteiger partial charge in [0.2, 0.25) is 6.41 Å². The molecular formula is C20H17FN6O. The molecule has 140 valence electrons. The Bertz CT molecular complexity index is 1140. The molecule has 0 spiro atoms. The fourth-order valence-electron chi connectivity index (χ4n) is 3.00. The molecule has 3 N–H and O–H groups in total. The highest BCUT2D eigenvalue weighted by Crippen LogP contribution is 2.27. The largest absolute Gasteiger partial charge is 0.345 e. The molecule has 2 heterocycles. The average Bonchev–Trinajstić information content (AvgIpc) is 3.10. The number of fused-ring (bicyclic) bond motifs is 1. The van der Waals surface area contributed by atoms with E-state index in [2.05, 4.69) is 30.8 Å². The van der Waals surface area contributed by atoms with Gasteiger partial charge in [-0.1, -0.05) is 24.3 Å². The van der Waals surface area contributed by atoms with E-state index in [1.807, 2.05) is 37.3 Å². The first kappa shape index (κ1) is 17.6. The molecule has 0 saturated carbocycles. The van der Waals surface area contributed by atoms with Gasteiger partial charge in [-0.15, -0.1) is 0 Å². The number of hydrogen-bond donors (Lipinski definition) is 3. The molecular weight excluding hydrogens is 359 g/mol. The van der Waals surface area contributed by atoms with Crippen LogP contribution < -0.4 is 10.6 Å². The quantitative estimate of drug-likeness (QED) is 0.449. The SMILES string of the molecule is Cc1cc(Nc2nc(C(NC=O)c3cccc(F)c3)nc3ccccc23)n[nH]1. The van der Waals surface area contributed by atoms with Gasteiger partial charge in [-0.05, 0) is 36.8 Å². The summed E-state index contributed by atoms with van der Waals surface area (Å²) >= 11 is 0. The molecule has 1 atom stereocenters. The second-order valence-electron chi connectivity index (χ2n) is 6.28. The van der Waals surface area contributed by atoms with Crippen LogP contribution in [0.25, 0.3) is 10.9 Å². The maximum Gasteiger partial charge on any atom is 0.207 e. The van der Waals surface area contributed by atoms with Crippen molar-refractivity contribution in [3.63, 3.8) is 0 Å². The van der Waals surface area contributed by atoms with Gasteiger partial charge in [0.25, 0.3) is 0 Å². The zero-order valence-electron chi connectivity index (χ0n) is 15.0. The van der Waals surface area contributed by atoms with Gasteiger partial charge in [0.05, 0.1) is 5.52 Å². The van der Waals surface area contributed by atoms with Crippen molar-refractivity contribution in [2.24, 2.45) is 0 Å². The minimum atomic E-state index is -0.695. The van der Waals surface area contributed by atoms with Crippen LogP contribution in [0.4, 0.5) is 16.0 Å². The molecule has 0 aliphatic carbocycles. The summed E-state index contributed by atoms with van der Waals surface area (Å²) in [6.45, 7) is 1.90. The van der Waals surface area contributed by atoms with E-state index >= 15 is 0 Å². The third-order valence-corrected chi connectivity index (χ3v) is 4.25. The standard InChI is InChI=1S/C20H17FN6O/c1-12-9-17(27-26-12)24-19-15-7-2-3-8-16(15)23-20(25-19)18(22-11-28)13-5-4-6-14(21)10-13/h2-11,18H,1H3,(H,22,28)(H2,23,24,25,26,27). The number of aryl methyl sites for hydroxylation is 1. The summed E-state index contributed by atoms with van der Waals surface area (Å²) < 4.78 is 13.7. The van der Waals surface area contributed by atoms with Crippen molar-refractivity contribution in [3.05, 3.63) is 77.5 Å². The third-order valence-electron chi connectivity index (χ3n) is 4.25. The smallest absolute Gasteiger partial charge is 0.207 e. The summed E-state index contributed by atoms with van der Waals surface area (Å²) in [4.78, 5) is 20.4. The number of H-pyrrole nitrogens is 1. The lowest BCUT2D eigenvalue weighted by molar-refractivity contribution is -0.110. The molecule has 28 heavy (non-hydrogen) atoms. The van der Waals surface area contributed by atoms with Crippen LogP contribution in [0.15, 0.2) is 54.6 Å². The van der Waals surface area contributed by atoms with E-state index in [0.29, 0.717) is 35.0 Å². The lowest BCUT2D eigenvalue weighted by Crippen LogP contribution is -2.23. The number of anilines is 2. The molecule has 7 nitrogen and oxygen atoms in total. The molecule has 4 rings (SSSR count). The van der Waals surface area contributed by atoms with Crippen molar-refractivity contribution in [2.75, 3.05) is 5.32 Å². The number of halogens is 1. The fraction of sp³-hybridized carbons (Fsp3) is 0.100. The number of benzene rings is 2. The summed E-state index contributed by atoms with van der Waals surface area (Å²) in [6.07, 6.45) is 0.554. The number of aromatic amines is 1. The fourth-order valence-corrected chi connectivity index (χ4v) is 3.00. The van der Waals surface area contributed by atoms with Gasteiger partial charge in [0, 0.05) is 17.1 Å². The van der Waals surface area contributed by atoms with Gasteiger partial charge >= 0.3 is 0 Å². The van der Waals surface area contributed by atoms with Crippen LogP contribution in [0.3, 0.4) is 0 Å². The number of nitrogens with one attached hydrogen (secondary N) is 3. The summed E-state index contributed by atoms with van der Waals surface area (Å²) in [6, 6.07) is 14.6. The van der Waals surface area contributed by atoms with E-state index in [4.69, 9.17) is 0 Å². The summed E-state index contributed by atoms with van der Waals surface area (Å²) in [7, 11) is 0. The average molecular weight is 376 g/mol. The van der Waals surface area contributed by atoms with E-state index in [9.17, 15) is 9.18 Å². The van der Waals surface area contributed by atoms with E-state index in [0.717, 1.165) is 11.1 Å². The molecule has 4 aromatic rings. The van der Waals surface area contributed by atoms with E-state index < -0.39 is 11.9 Å². The van der Waals surface area contributed by atoms with E-state index in [1.54, 1.807) is 12.1 Å². The minimum Gasteiger partial charge on any atom is -0.345 e. The lowest BCUT2D eigenvalue weighted by Gasteiger charge is -2.17. The van der Waals surface area contributed by atoms with Crippen molar-refractivity contribution < 1.29 is 9.18 Å². The van der Waals surface area contributed by atoms with Gasteiger partial charge in [-0.25, -0.2) is 14.4 Å². The Kier molecular flexibility index (Phi) is 4.67. The maximum atomic E-state index is 13.7. The molecule has 1 unspecified atom stereocenters. The van der Waals surface area contributed by atoms with Crippen molar-refractivity contribution in [3.8, 4) is 0 Å². The van der Waals surface area contributed by atoms with Gasteiger partial charge < -0.3 is 10.6 Å². The van der Waals surface area contributed by atoms with Crippen molar-refractivity contribution in [1.82, 2.24) is 25.5 Å². The van der Waals surface area contributed by atoms with Crippen LogP contribution >= 0.6 is 0 Å². The molecule has 1 amide bonds. The first-order valence-corrected chi connectivity index (χ1v) is 8.65. The molecule has 0 radical (unpaired) electrons. The van der Waals surface area contributed by atoms with E-state index in [1.165, 1.54) is 12.1 Å². The Balaban J connectivity index is 1.84. The number of amides is 1. The molecule has 8 heteroatoms. The zero-order chi connectivity index (χ0) is 19.5. The van der Waals surface area contributed by atoms with E-state index in [-0.39, 0.29) is 0 Å². The predicted octanol–water partition coefficient (Wildman–Crippen LogP) is 3.38. The highest BCUT2D eigenvalue weighted by atomic mass is 19.1. The Morgan fingerprint density at radius 2 is 1.96 bits per heavy atom. The lowest BCUT2D eigenvalue weighted by atomic mass is 10.1. The minimum absolute atomic E-state index is 0.339. The van der Waals surface area contributed by atoms with Crippen molar-refractivity contribution in [2.45, 2.75) is 13.0 Å². The Morgan fingerprint density at radius 1 is 1.11 bits per heavy atom. The molecule has 0 aliphatic heterocycles. The molecule has 0 aliphatic rings. The van der Waals surface area contributed by atoms with Crippen LogP contribution in [0, 0.1) is 12.7 Å². The molecule has 0 saturated heterocycles. The van der Waals surface area contributed by atoms with Crippen LogP contribution in [-0.4, -0.2) is 26.6 Å². The predicted molar refractivity (Wildman–Crippen MR) is 104 cm³/mol. The second kappa shape index (κ2) is 7.43. The second-order valence-corrected chi connectivity index (χ2v) is 6.28. The number of para-hydroxylation sites is 1. The summed E-state index contributed by atoms with van der Waals surface area (Å²) in [5, 5.41) is 13.7. The van der Waals surface area contributed by atoms with Gasteiger partial charge in [-0.2, -0.15) is 5.10 Å². The van der Waals surface area contributed by atoms with Crippen LogP contribution in [-0.2, 0) is 4.79 Å². The normalized spacial score (nSPS) is 11.9. The Hall–Kier alpha value is -3.81. The first-order chi connectivity index (χ1) is 13.6. The van der Waals surface area contributed by atoms with Crippen LogP contribution in [0.5, 0.6) is 0 Å². The molecule has 2 aromatic carbocycles. The third kappa shape index (κ3) is 3.52. The summed E-state index contributed by atoms with van der Waals surface area (Å²) in [5.41, 5.74) is 2.14. The Labute approximate surface area is 160 Å². The van der Waals surface area contributed by atoms with Gasteiger partial charge in [-0.3, -0.25) is 9.89 Å². The number of rotatable bonds is 6. The number of nitrogens with zero attached hydrogens (tertiary/aromatic N) is 3. The van der Waals surface area contributed by atoms with Crippen molar-refractivity contribution >= 4 is 28.9 Å². The number of hydrogen-bond acceptors (Lipinski definition) is 5. The molecule has 0 fully saturated rings. The number of carbonyl (C=O) groups excluding carboxylic acids is 1. The summed E-state index contributed by atoms with van der Waals surface area (Å²) in [5.74, 6) is 1.09. The molecule has 0 bridgehead atoms. The monoisotopic (exact) mass is 376 g/mol. The zero-order valence-corrected chi connectivity index (χ0v) is 15.0. The van der Waals surface area contributed by atoms with Crippen LogP contribution in [0.1, 0.15) is 23.1 Å². The first-order valence-electron chi connectivity index (χ1n) is 8.65. The number of aromatic nitrogens is 4. The highest BCUT2D eigenvalue weighted by Gasteiger charge is 2.20. The maximum absolute atomic E-state index is 13.7. The Morgan fingerprint density at radius 3 is 2.71 bits per heavy atom. The van der Waals surface area contributed by atoms with Crippen LogP contribution in [0.2, 0.25) is 0 Å². The number of carbonyl (C=O) groups is 1. The van der Waals surface area contributed by atoms with Gasteiger partial charge in [0.1, 0.15) is 17.7 Å². The highest BCUT2D eigenvalue weighted by molar-refractivity contribution is 5.90. The van der Waals surface area contributed by atoms with Gasteiger partial charge in [0.15, 0.2) is 11.6 Å². The molecule has 2 aromatic heterocycles.